The molecule has 0 unspecified atom stereocenters. The first-order valence-corrected chi connectivity index (χ1v) is 9.06. The second kappa shape index (κ2) is 9.01. The number of nitrogens with one attached hydrogen (secondary N) is 3. The van der Waals surface area contributed by atoms with Crippen LogP contribution in [-0.4, -0.2) is 25.8 Å². The summed E-state index contributed by atoms with van der Waals surface area (Å²) in [6.07, 6.45) is -3.10. The minimum absolute atomic E-state index is 0.192. The van der Waals surface area contributed by atoms with E-state index < -0.39 is 27.4 Å². The van der Waals surface area contributed by atoms with Gasteiger partial charge in [-0.3, -0.25) is 14.9 Å². The van der Waals surface area contributed by atoms with Crippen molar-refractivity contribution in [3.05, 3.63) is 63.6 Å². The summed E-state index contributed by atoms with van der Waals surface area (Å²) in [5, 5.41) is 19.1. The molecule has 0 saturated carbocycles. The Kier molecular flexibility index (Phi) is 6.39. The molecule has 1 amide bonds. The Hall–Kier alpha value is -4.00. The molecule has 3 aromatic rings. The van der Waals surface area contributed by atoms with Gasteiger partial charge in [-0.05, 0) is 30.3 Å². The van der Waals surface area contributed by atoms with Crippen LogP contribution in [0.5, 0.6) is 0 Å². The normalized spacial score (nSPS) is 11.0. The molecule has 2 heterocycles. The van der Waals surface area contributed by atoms with Crippen molar-refractivity contribution in [3.63, 3.8) is 0 Å². The van der Waals surface area contributed by atoms with Crippen molar-refractivity contribution in [2.45, 2.75) is 13.1 Å². The Bertz CT molecular complexity index is 1170. The average Bonchev–Trinajstić information content (AvgIpc) is 2.69. The lowest BCUT2D eigenvalue weighted by molar-refractivity contribution is -0.383. The third-order valence-corrected chi connectivity index (χ3v) is 4.17. The Labute approximate surface area is 183 Å². The highest BCUT2D eigenvalue weighted by Crippen LogP contribution is 2.36. The Morgan fingerprint density at radius 1 is 1.03 bits per heavy atom. The highest BCUT2D eigenvalue weighted by atomic mass is 35.5. The van der Waals surface area contributed by atoms with Crippen LogP contribution >= 0.6 is 11.6 Å². The first-order valence-electron chi connectivity index (χ1n) is 8.68. The molecule has 0 aliphatic heterocycles. The van der Waals surface area contributed by atoms with Crippen molar-refractivity contribution in [1.29, 1.82) is 0 Å². The van der Waals surface area contributed by atoms with Gasteiger partial charge in [-0.1, -0.05) is 11.6 Å². The number of anilines is 5. The molecular formula is C18H13ClF3N7O3. The maximum Gasteiger partial charge on any atom is 0.417 e. The number of alkyl halides is 3. The van der Waals surface area contributed by atoms with E-state index in [1.54, 1.807) is 24.3 Å². The molecule has 0 aliphatic carbocycles. The van der Waals surface area contributed by atoms with Gasteiger partial charge in [0.2, 0.25) is 17.5 Å². The summed E-state index contributed by atoms with van der Waals surface area (Å²) >= 11 is 5.85. The van der Waals surface area contributed by atoms with E-state index in [4.69, 9.17) is 11.6 Å². The minimum atomic E-state index is -4.65. The van der Waals surface area contributed by atoms with Gasteiger partial charge in [0.1, 0.15) is 6.33 Å². The van der Waals surface area contributed by atoms with Crippen molar-refractivity contribution in [2.24, 2.45) is 0 Å². The Morgan fingerprint density at radius 2 is 1.62 bits per heavy atom. The van der Waals surface area contributed by atoms with Crippen molar-refractivity contribution in [3.8, 4) is 0 Å². The maximum atomic E-state index is 12.8. The summed E-state index contributed by atoms with van der Waals surface area (Å²) in [5.74, 6) is -1.05. The van der Waals surface area contributed by atoms with Gasteiger partial charge >= 0.3 is 11.9 Å². The molecule has 0 saturated heterocycles. The zero-order valence-corrected chi connectivity index (χ0v) is 16.8. The SMILES string of the molecule is CC(=O)Nc1ccc(Nc2ncnc(Nc3ncc(C(F)(F)F)cc3Cl)c2[N+](=O)[O-])cc1. The number of carbonyl (C=O) groups is 1. The zero-order chi connectivity index (χ0) is 23.5. The number of aromatic nitrogens is 3. The summed E-state index contributed by atoms with van der Waals surface area (Å²) in [5.41, 5.74) is -0.727. The van der Waals surface area contributed by atoms with Crippen LogP contribution in [0.25, 0.3) is 0 Å². The van der Waals surface area contributed by atoms with Crippen LogP contribution in [0.4, 0.5) is 47.7 Å². The van der Waals surface area contributed by atoms with Gasteiger partial charge in [-0.25, -0.2) is 15.0 Å². The van der Waals surface area contributed by atoms with E-state index in [2.05, 4.69) is 30.9 Å². The molecule has 32 heavy (non-hydrogen) atoms. The first kappa shape index (κ1) is 22.7. The summed E-state index contributed by atoms with van der Waals surface area (Å²) in [4.78, 5) is 33.2. The van der Waals surface area contributed by atoms with Gasteiger partial charge in [0.05, 0.1) is 15.5 Å². The van der Waals surface area contributed by atoms with Gasteiger partial charge in [-0.2, -0.15) is 13.2 Å². The van der Waals surface area contributed by atoms with Crippen molar-refractivity contribution < 1.29 is 22.9 Å². The lowest BCUT2D eigenvalue weighted by Crippen LogP contribution is -2.09. The highest BCUT2D eigenvalue weighted by molar-refractivity contribution is 6.33. The molecule has 3 rings (SSSR count). The number of hydrogen-bond donors (Lipinski definition) is 3. The predicted molar refractivity (Wildman–Crippen MR) is 110 cm³/mol. The molecule has 0 atom stereocenters. The molecule has 0 fully saturated rings. The van der Waals surface area contributed by atoms with E-state index in [9.17, 15) is 28.1 Å². The fourth-order valence-electron chi connectivity index (χ4n) is 2.51. The molecule has 0 spiro atoms. The number of amides is 1. The predicted octanol–water partition coefficient (Wildman–Crippen LogP) is 4.90. The van der Waals surface area contributed by atoms with Crippen molar-refractivity contribution >= 4 is 52.0 Å². The number of halogens is 4. The third-order valence-electron chi connectivity index (χ3n) is 3.88. The molecule has 166 valence electrons. The largest absolute Gasteiger partial charge is 0.417 e. The fourth-order valence-corrected chi connectivity index (χ4v) is 2.72. The molecular weight excluding hydrogens is 455 g/mol. The van der Waals surface area contributed by atoms with Crippen LogP contribution in [0.3, 0.4) is 0 Å². The van der Waals surface area contributed by atoms with Crippen molar-refractivity contribution in [1.82, 2.24) is 15.0 Å². The van der Waals surface area contributed by atoms with E-state index in [1.165, 1.54) is 6.92 Å². The van der Waals surface area contributed by atoms with E-state index >= 15 is 0 Å². The lowest BCUT2D eigenvalue weighted by atomic mass is 10.2. The van der Waals surface area contributed by atoms with E-state index in [-0.39, 0.29) is 23.4 Å². The quantitative estimate of drug-likeness (QED) is 0.344. The number of nitrogens with zero attached hydrogens (tertiary/aromatic N) is 4. The fraction of sp³-hybridized carbons (Fsp3) is 0.111. The molecule has 14 heteroatoms. The van der Waals surface area contributed by atoms with Gasteiger partial charge < -0.3 is 16.0 Å². The maximum absolute atomic E-state index is 12.8. The van der Waals surface area contributed by atoms with E-state index in [1.807, 2.05) is 0 Å². The van der Waals surface area contributed by atoms with Gasteiger partial charge in [0.15, 0.2) is 5.82 Å². The number of pyridine rings is 1. The van der Waals surface area contributed by atoms with Gasteiger partial charge in [0, 0.05) is 24.5 Å². The summed E-state index contributed by atoms with van der Waals surface area (Å²) in [6.45, 7) is 1.35. The van der Waals surface area contributed by atoms with Crippen LogP contribution in [-0.2, 0) is 11.0 Å². The van der Waals surface area contributed by atoms with E-state index in [0.717, 1.165) is 6.33 Å². The second-order valence-electron chi connectivity index (χ2n) is 6.24. The van der Waals surface area contributed by atoms with E-state index in [0.29, 0.717) is 23.6 Å². The number of benzene rings is 1. The topological polar surface area (TPSA) is 135 Å². The monoisotopic (exact) mass is 467 g/mol. The van der Waals surface area contributed by atoms with Crippen LogP contribution in [0.15, 0.2) is 42.9 Å². The zero-order valence-electron chi connectivity index (χ0n) is 16.1. The molecule has 0 aliphatic rings. The third kappa shape index (κ3) is 5.37. The number of hydrogen-bond acceptors (Lipinski definition) is 8. The molecule has 1 aromatic carbocycles. The molecule has 10 nitrogen and oxygen atoms in total. The molecule has 2 aromatic heterocycles. The van der Waals surface area contributed by atoms with Crippen molar-refractivity contribution in [2.75, 3.05) is 16.0 Å². The lowest BCUT2D eigenvalue weighted by Gasteiger charge is -2.12. The number of rotatable bonds is 6. The first-order chi connectivity index (χ1) is 15.0. The number of carbonyl (C=O) groups excluding carboxylic acids is 1. The molecule has 3 N–H and O–H groups in total. The molecule has 0 radical (unpaired) electrons. The minimum Gasteiger partial charge on any atom is -0.334 e. The van der Waals surface area contributed by atoms with Crippen LogP contribution in [0.1, 0.15) is 12.5 Å². The smallest absolute Gasteiger partial charge is 0.334 e. The molecule has 0 bridgehead atoms. The van der Waals surface area contributed by atoms with Gasteiger partial charge in [0.25, 0.3) is 0 Å². The summed E-state index contributed by atoms with van der Waals surface area (Å²) in [7, 11) is 0. The van der Waals surface area contributed by atoms with Crippen LogP contribution in [0.2, 0.25) is 5.02 Å². The standard InChI is InChI=1S/C18H13ClF3N7O3/c1-9(30)26-11-2-4-12(5-3-11)27-16-14(29(31)32)17(25-8-24-16)28-15-13(19)6-10(7-23-15)18(20,21)22/h2-8H,1H3,(H,26,30)(H2,23,24,25,27,28). The summed E-state index contributed by atoms with van der Waals surface area (Å²) in [6, 6.07) is 6.89. The highest BCUT2D eigenvalue weighted by Gasteiger charge is 2.32. The van der Waals surface area contributed by atoms with Crippen LogP contribution in [0, 0.1) is 10.1 Å². The van der Waals surface area contributed by atoms with Crippen LogP contribution < -0.4 is 16.0 Å². The number of nitro groups is 1. The second-order valence-corrected chi connectivity index (χ2v) is 6.64. The average molecular weight is 468 g/mol. The Balaban J connectivity index is 1.90. The Morgan fingerprint density at radius 3 is 2.16 bits per heavy atom. The summed E-state index contributed by atoms with van der Waals surface area (Å²) < 4.78 is 38.4. The van der Waals surface area contributed by atoms with Gasteiger partial charge in [-0.15, -0.1) is 0 Å².